The van der Waals surface area contributed by atoms with E-state index in [1.165, 1.54) is 37.5 Å². The second-order valence-electron chi connectivity index (χ2n) is 8.38. The van der Waals surface area contributed by atoms with Gasteiger partial charge in [0.2, 0.25) is 0 Å². The summed E-state index contributed by atoms with van der Waals surface area (Å²) in [4.78, 5) is 41.8. The van der Waals surface area contributed by atoms with E-state index in [4.69, 9.17) is 14.2 Å². The third-order valence-electron chi connectivity index (χ3n) is 5.06. The number of thioether (sulfide) groups is 1. The van der Waals surface area contributed by atoms with Crippen LogP contribution < -0.4 is 16.0 Å². The molecule has 0 radical (unpaired) electrons. The summed E-state index contributed by atoms with van der Waals surface area (Å²) in [6.45, 7) is 4.16. The summed E-state index contributed by atoms with van der Waals surface area (Å²) in [6, 6.07) is 6.69. The first-order valence-electron chi connectivity index (χ1n) is 11.0. The third kappa shape index (κ3) is 5.95. The van der Waals surface area contributed by atoms with E-state index in [9.17, 15) is 19.5 Å². The van der Waals surface area contributed by atoms with Crippen LogP contribution in [-0.2, 0) is 30.3 Å². The van der Waals surface area contributed by atoms with Gasteiger partial charge in [-0.15, -0.1) is 0 Å². The van der Waals surface area contributed by atoms with Crippen molar-refractivity contribution in [3.05, 3.63) is 50.7 Å². The van der Waals surface area contributed by atoms with Gasteiger partial charge in [0.1, 0.15) is 24.7 Å². The van der Waals surface area contributed by atoms with Crippen molar-refractivity contribution >= 4 is 28.9 Å². The molecule has 0 aliphatic rings. The number of carbonyl (C=O) groups excluding carboxylic acids is 1. The molecule has 0 bridgehead atoms. The zero-order valence-electron chi connectivity index (χ0n) is 20.4. The predicted molar refractivity (Wildman–Crippen MR) is 131 cm³/mol. The third-order valence-corrected chi connectivity index (χ3v) is 6.18. The maximum absolute atomic E-state index is 12.7. The van der Waals surface area contributed by atoms with E-state index >= 15 is 0 Å². The van der Waals surface area contributed by atoms with Crippen LogP contribution in [0.25, 0.3) is 11.2 Å². The number of esters is 1. The molecule has 0 fully saturated rings. The summed E-state index contributed by atoms with van der Waals surface area (Å²) in [5.41, 5.74) is -0.216. The number of imidazole rings is 1. The van der Waals surface area contributed by atoms with Gasteiger partial charge < -0.3 is 19.3 Å². The zero-order valence-corrected chi connectivity index (χ0v) is 21.2. The quantitative estimate of drug-likeness (QED) is 0.303. The first kappa shape index (κ1) is 26.5. The molecular weight excluding hydrogens is 476 g/mol. The smallest absolute Gasteiger partial charge is 0.341 e. The fourth-order valence-electron chi connectivity index (χ4n) is 3.27. The maximum Gasteiger partial charge on any atom is 0.341 e. The number of aliphatic hydroxyl groups excluding tert-OH is 1. The van der Waals surface area contributed by atoms with Crippen LogP contribution in [0.15, 0.2) is 39.0 Å². The Kier molecular flexibility index (Phi) is 8.76. The first-order chi connectivity index (χ1) is 16.6. The Balaban J connectivity index is 1.72. The van der Waals surface area contributed by atoms with Crippen molar-refractivity contribution in [1.82, 2.24) is 18.7 Å². The molecule has 1 unspecified atom stereocenters. The van der Waals surface area contributed by atoms with Gasteiger partial charge in [-0.2, -0.15) is 0 Å². The van der Waals surface area contributed by atoms with E-state index in [-0.39, 0.29) is 41.7 Å². The molecule has 11 nitrogen and oxygen atoms in total. The minimum absolute atomic E-state index is 0.0464. The van der Waals surface area contributed by atoms with Crippen molar-refractivity contribution in [3.63, 3.8) is 0 Å². The lowest BCUT2D eigenvalue weighted by atomic mass is 10.2. The molecule has 0 spiro atoms. The number of aliphatic hydroxyl groups is 1. The van der Waals surface area contributed by atoms with Gasteiger partial charge in [-0.3, -0.25) is 18.5 Å². The minimum atomic E-state index is -0.915. The molecule has 3 aromatic rings. The number of para-hydroxylation sites is 1. The molecule has 190 valence electrons. The van der Waals surface area contributed by atoms with Crippen LogP contribution in [0.4, 0.5) is 0 Å². The molecule has 0 saturated carbocycles. The summed E-state index contributed by atoms with van der Waals surface area (Å²) in [5.74, 6) is 0.214. The monoisotopic (exact) mass is 506 g/mol. The largest absolute Gasteiger partial charge is 0.490 e. The van der Waals surface area contributed by atoms with Crippen molar-refractivity contribution < 1.29 is 24.1 Å². The van der Waals surface area contributed by atoms with E-state index in [0.717, 1.165) is 4.57 Å². The van der Waals surface area contributed by atoms with Crippen LogP contribution in [-0.4, -0.2) is 61.9 Å². The normalized spacial score (nSPS) is 12.3. The molecule has 0 amide bonds. The van der Waals surface area contributed by atoms with E-state index < -0.39 is 23.3 Å². The molecule has 35 heavy (non-hydrogen) atoms. The number of aryl methyl sites for hydroxylation is 1. The average molecular weight is 507 g/mol. The van der Waals surface area contributed by atoms with Crippen LogP contribution in [0.5, 0.6) is 5.75 Å². The van der Waals surface area contributed by atoms with Crippen molar-refractivity contribution in [3.8, 4) is 5.75 Å². The Morgan fingerprint density at radius 1 is 1.14 bits per heavy atom. The van der Waals surface area contributed by atoms with E-state index in [0.29, 0.717) is 17.5 Å². The van der Waals surface area contributed by atoms with Crippen LogP contribution in [0.2, 0.25) is 0 Å². The molecule has 2 aromatic heterocycles. The number of aromatic nitrogens is 4. The molecule has 12 heteroatoms. The molecular formula is C23H30N4O7S. The number of hydrogen-bond donors (Lipinski definition) is 1. The average Bonchev–Trinajstić information content (AvgIpc) is 3.20. The van der Waals surface area contributed by atoms with E-state index in [1.54, 1.807) is 28.8 Å². The highest BCUT2D eigenvalue weighted by atomic mass is 32.2. The van der Waals surface area contributed by atoms with Gasteiger partial charge in [0.05, 0.1) is 12.7 Å². The second kappa shape index (κ2) is 11.6. The number of hydrogen-bond acceptors (Lipinski definition) is 9. The summed E-state index contributed by atoms with van der Waals surface area (Å²) in [7, 11) is 4.42. The summed E-state index contributed by atoms with van der Waals surface area (Å²) in [5, 5.41) is 10.9. The highest BCUT2D eigenvalue weighted by molar-refractivity contribution is 7.99. The van der Waals surface area contributed by atoms with Crippen molar-refractivity contribution in [2.45, 2.75) is 31.8 Å². The lowest BCUT2D eigenvalue weighted by molar-refractivity contribution is 0.0450. The van der Waals surface area contributed by atoms with Gasteiger partial charge in [-0.25, -0.2) is 14.6 Å². The fourth-order valence-corrected chi connectivity index (χ4v) is 4.16. The van der Waals surface area contributed by atoms with Crippen molar-refractivity contribution in [2.75, 3.05) is 26.1 Å². The van der Waals surface area contributed by atoms with Gasteiger partial charge in [-0.05, 0) is 18.1 Å². The van der Waals surface area contributed by atoms with E-state index in [1.807, 2.05) is 13.8 Å². The summed E-state index contributed by atoms with van der Waals surface area (Å²) >= 11 is 1.19. The van der Waals surface area contributed by atoms with Crippen LogP contribution >= 0.6 is 11.8 Å². The molecule has 1 N–H and O–H groups in total. The van der Waals surface area contributed by atoms with Gasteiger partial charge in [0.15, 0.2) is 16.3 Å². The highest BCUT2D eigenvalue weighted by Gasteiger charge is 2.21. The minimum Gasteiger partial charge on any atom is -0.490 e. The Morgan fingerprint density at radius 2 is 1.86 bits per heavy atom. The molecule has 1 aromatic carbocycles. The molecule has 1 atom stereocenters. The maximum atomic E-state index is 12.7. The fraction of sp³-hybridized carbons (Fsp3) is 0.478. The van der Waals surface area contributed by atoms with Gasteiger partial charge in [0.25, 0.3) is 5.56 Å². The van der Waals surface area contributed by atoms with Crippen LogP contribution in [0.3, 0.4) is 0 Å². The van der Waals surface area contributed by atoms with Gasteiger partial charge >= 0.3 is 11.7 Å². The van der Waals surface area contributed by atoms with Crippen LogP contribution in [0.1, 0.15) is 24.2 Å². The molecule has 0 aliphatic carbocycles. The first-order valence-corrected chi connectivity index (χ1v) is 12.0. The highest BCUT2D eigenvalue weighted by Crippen LogP contribution is 2.24. The number of ether oxygens (including phenoxy) is 3. The van der Waals surface area contributed by atoms with Crippen molar-refractivity contribution in [1.29, 1.82) is 0 Å². The Labute approximate surface area is 206 Å². The predicted octanol–water partition coefficient (Wildman–Crippen LogP) is 1.38. The summed E-state index contributed by atoms with van der Waals surface area (Å²) < 4.78 is 20.1. The number of carbonyl (C=O) groups is 1. The van der Waals surface area contributed by atoms with Crippen LogP contribution in [0, 0.1) is 5.92 Å². The van der Waals surface area contributed by atoms with Gasteiger partial charge in [-0.1, -0.05) is 37.7 Å². The van der Waals surface area contributed by atoms with Gasteiger partial charge in [0, 0.05) is 27.0 Å². The molecule has 0 aliphatic heterocycles. The second-order valence-corrected chi connectivity index (χ2v) is 9.37. The lowest BCUT2D eigenvalue weighted by Gasteiger charge is -2.15. The zero-order chi connectivity index (χ0) is 25.7. The number of nitrogens with zero attached hydrogens (tertiary/aromatic N) is 4. The number of rotatable bonds is 11. The molecule has 0 saturated heterocycles. The lowest BCUT2D eigenvalue weighted by Crippen LogP contribution is -2.37. The number of fused-ring (bicyclic) bond motifs is 1. The Morgan fingerprint density at radius 3 is 2.54 bits per heavy atom. The SMILES string of the molecule is COCn1c(SCC(O)COc2ccccc2C(=O)OCC(C)C)nc2c1c(=O)n(C)c(=O)n2C. The van der Waals surface area contributed by atoms with Crippen molar-refractivity contribution in [2.24, 2.45) is 20.0 Å². The topological polar surface area (TPSA) is 127 Å². The van der Waals surface area contributed by atoms with E-state index in [2.05, 4.69) is 4.98 Å². The number of benzene rings is 1. The molecule has 2 heterocycles. The standard InChI is InChI=1S/C23H30N4O7S/c1-14(2)10-34-21(30)16-8-6-7-9-17(16)33-11-15(28)12-35-22-24-19-18(27(22)13-32-5)20(29)26(4)23(31)25(19)3/h6-9,14-15,28H,10-13H2,1-5H3. The summed E-state index contributed by atoms with van der Waals surface area (Å²) in [6.07, 6.45) is -0.915. The Bertz CT molecular complexity index is 1310. The Hall–Kier alpha value is -3.09. The number of methoxy groups -OCH3 is 1. The molecule has 3 rings (SSSR count).